The minimum absolute atomic E-state index is 0. The molecule has 2 fully saturated rings. The van der Waals surface area contributed by atoms with Gasteiger partial charge < -0.3 is 21.7 Å². The van der Waals surface area contributed by atoms with Gasteiger partial charge in [0.15, 0.2) is 0 Å². The molecule has 0 aromatic heterocycles. The zero-order valence-electron chi connectivity index (χ0n) is 15.4. The first-order chi connectivity index (χ1) is 12.6. The van der Waals surface area contributed by atoms with E-state index in [0.717, 1.165) is 31.4 Å². The molecule has 1 aromatic rings. The molecule has 2 atom stereocenters. The van der Waals surface area contributed by atoms with Crippen molar-refractivity contribution in [2.75, 3.05) is 17.2 Å². The number of halogens is 1. The lowest BCUT2D eigenvalue weighted by Crippen LogP contribution is -2.48. The molecule has 27 heavy (non-hydrogen) atoms. The third kappa shape index (κ3) is 5.47. The molecule has 3 amide bonds. The van der Waals surface area contributed by atoms with E-state index < -0.39 is 0 Å². The smallest absolute Gasteiger partial charge is 0.319 e. The van der Waals surface area contributed by atoms with Gasteiger partial charge in [0.1, 0.15) is 0 Å². The van der Waals surface area contributed by atoms with Gasteiger partial charge in [-0.1, -0.05) is 12.5 Å². The van der Waals surface area contributed by atoms with Crippen LogP contribution in [0.3, 0.4) is 0 Å². The maximum Gasteiger partial charge on any atom is 0.319 e. The molecular formula is C20H29ClN4O2. The van der Waals surface area contributed by atoms with E-state index in [1.165, 1.54) is 6.42 Å². The molecule has 0 spiro atoms. The Balaban J connectivity index is 0.00000261. The summed E-state index contributed by atoms with van der Waals surface area (Å²) >= 11 is 0. The first-order valence-corrected chi connectivity index (χ1v) is 9.39. The van der Waals surface area contributed by atoms with Crippen molar-refractivity contribution in [3.63, 3.8) is 0 Å². The van der Waals surface area contributed by atoms with Crippen molar-refractivity contribution in [1.29, 1.82) is 0 Å². The van der Waals surface area contributed by atoms with Crippen LogP contribution in [0.15, 0.2) is 36.9 Å². The van der Waals surface area contributed by atoms with Crippen molar-refractivity contribution >= 4 is 35.7 Å². The largest absolute Gasteiger partial charge is 0.334 e. The summed E-state index contributed by atoms with van der Waals surface area (Å²) in [6, 6.07) is 7.13. The lowest BCUT2D eigenvalue weighted by atomic mass is 9.65. The summed E-state index contributed by atoms with van der Waals surface area (Å²) < 4.78 is 0. The van der Waals surface area contributed by atoms with Gasteiger partial charge in [-0.05, 0) is 61.8 Å². The summed E-state index contributed by atoms with van der Waals surface area (Å²) in [5.74, 6) is 1.10. The van der Waals surface area contributed by atoms with E-state index in [4.69, 9.17) is 5.73 Å². The third-order valence-corrected chi connectivity index (χ3v) is 5.60. The Kier molecular flexibility index (Phi) is 7.68. The van der Waals surface area contributed by atoms with Gasteiger partial charge in [-0.15, -0.1) is 19.0 Å². The predicted molar refractivity (Wildman–Crippen MR) is 111 cm³/mol. The molecule has 0 heterocycles. The summed E-state index contributed by atoms with van der Waals surface area (Å²) in [5.41, 5.74) is 7.72. The van der Waals surface area contributed by atoms with E-state index in [2.05, 4.69) is 22.5 Å². The van der Waals surface area contributed by atoms with Gasteiger partial charge >= 0.3 is 6.03 Å². The van der Waals surface area contributed by atoms with Crippen molar-refractivity contribution in [3.8, 4) is 0 Å². The molecule has 0 radical (unpaired) electrons. The van der Waals surface area contributed by atoms with Crippen LogP contribution < -0.4 is 21.7 Å². The van der Waals surface area contributed by atoms with Crippen LogP contribution in [-0.4, -0.2) is 24.5 Å². The molecule has 0 aliphatic heterocycles. The van der Waals surface area contributed by atoms with Gasteiger partial charge in [-0.3, -0.25) is 4.79 Å². The lowest BCUT2D eigenvalue weighted by molar-refractivity contribution is -0.122. The SMILES string of the molecule is C=CCNC(=O)Nc1ccc(NC(=O)C2CC3CCCC(C2)C3N)cc1.Cl. The number of carbonyl (C=O) groups excluding carboxylic acids is 2. The summed E-state index contributed by atoms with van der Waals surface area (Å²) in [6.45, 7) is 3.96. The van der Waals surface area contributed by atoms with Crippen molar-refractivity contribution in [1.82, 2.24) is 5.32 Å². The topological polar surface area (TPSA) is 96.2 Å². The van der Waals surface area contributed by atoms with Crippen molar-refractivity contribution in [2.24, 2.45) is 23.5 Å². The Morgan fingerprint density at radius 3 is 2.19 bits per heavy atom. The Bertz CT molecular complexity index is 650. The van der Waals surface area contributed by atoms with E-state index in [1.54, 1.807) is 30.3 Å². The fraction of sp³-hybridized carbons (Fsp3) is 0.500. The average Bonchev–Trinajstić information content (AvgIpc) is 2.61. The van der Waals surface area contributed by atoms with E-state index in [9.17, 15) is 9.59 Å². The molecule has 1 aromatic carbocycles. The highest BCUT2D eigenvalue weighted by Gasteiger charge is 2.40. The monoisotopic (exact) mass is 392 g/mol. The Hall–Kier alpha value is -2.05. The number of benzene rings is 1. The van der Waals surface area contributed by atoms with Crippen molar-refractivity contribution < 1.29 is 9.59 Å². The van der Waals surface area contributed by atoms with E-state index >= 15 is 0 Å². The van der Waals surface area contributed by atoms with E-state index in [0.29, 0.717) is 24.1 Å². The summed E-state index contributed by atoms with van der Waals surface area (Å²) in [6.07, 6.45) is 6.95. The predicted octanol–water partition coefficient (Wildman–Crippen LogP) is 3.51. The Morgan fingerprint density at radius 2 is 1.63 bits per heavy atom. The fourth-order valence-electron chi connectivity index (χ4n) is 4.22. The minimum atomic E-state index is -0.285. The first-order valence-electron chi connectivity index (χ1n) is 9.39. The zero-order valence-corrected chi connectivity index (χ0v) is 16.3. The van der Waals surface area contributed by atoms with Crippen LogP contribution in [-0.2, 0) is 4.79 Å². The molecule has 148 valence electrons. The molecule has 2 aliphatic rings. The van der Waals surface area contributed by atoms with Crippen LogP contribution >= 0.6 is 12.4 Å². The van der Waals surface area contributed by atoms with Gasteiger partial charge in [-0.25, -0.2) is 4.79 Å². The molecular weight excluding hydrogens is 364 g/mol. The number of anilines is 2. The molecule has 6 nitrogen and oxygen atoms in total. The second-order valence-electron chi connectivity index (χ2n) is 7.39. The van der Waals surface area contributed by atoms with Crippen LogP contribution in [0.5, 0.6) is 0 Å². The van der Waals surface area contributed by atoms with Gasteiger partial charge in [0.2, 0.25) is 5.91 Å². The molecule has 2 unspecified atom stereocenters. The zero-order chi connectivity index (χ0) is 18.5. The number of amides is 3. The highest BCUT2D eigenvalue weighted by atomic mass is 35.5. The molecule has 2 bridgehead atoms. The van der Waals surface area contributed by atoms with Crippen molar-refractivity contribution in [2.45, 2.75) is 38.1 Å². The average molecular weight is 393 g/mol. The number of hydrogen-bond donors (Lipinski definition) is 4. The Morgan fingerprint density at radius 1 is 1.07 bits per heavy atom. The van der Waals surface area contributed by atoms with Crippen LogP contribution in [0.25, 0.3) is 0 Å². The number of hydrogen-bond acceptors (Lipinski definition) is 3. The second kappa shape index (κ2) is 9.76. The van der Waals surface area contributed by atoms with E-state index in [1.807, 2.05) is 0 Å². The summed E-state index contributed by atoms with van der Waals surface area (Å²) in [7, 11) is 0. The maximum absolute atomic E-state index is 12.6. The Labute approximate surface area is 166 Å². The van der Waals surface area contributed by atoms with E-state index in [-0.39, 0.29) is 36.3 Å². The maximum atomic E-state index is 12.6. The number of urea groups is 1. The van der Waals surface area contributed by atoms with Crippen LogP contribution in [0.2, 0.25) is 0 Å². The number of nitrogens with two attached hydrogens (primary N) is 1. The van der Waals surface area contributed by atoms with Crippen LogP contribution in [0.4, 0.5) is 16.2 Å². The molecule has 5 N–H and O–H groups in total. The number of carbonyl (C=O) groups is 2. The fourth-order valence-corrected chi connectivity index (χ4v) is 4.22. The van der Waals surface area contributed by atoms with Gasteiger partial charge in [0.25, 0.3) is 0 Å². The highest BCUT2D eigenvalue weighted by Crippen LogP contribution is 2.42. The molecule has 3 rings (SSSR count). The standard InChI is InChI=1S/C20H28N4O2.ClH/c1-2-10-22-20(26)24-17-8-6-16(7-9-17)23-19(25)15-11-13-4-3-5-14(12-15)18(13)21;/h2,6-9,13-15,18H,1,3-5,10-12,21H2,(H,23,25)(H2,22,24,26);1H. The second-order valence-corrected chi connectivity index (χ2v) is 7.39. The normalized spacial score (nSPS) is 26.3. The quantitative estimate of drug-likeness (QED) is 0.577. The minimum Gasteiger partial charge on any atom is -0.334 e. The lowest BCUT2D eigenvalue weighted by Gasteiger charge is -2.43. The number of fused-ring (bicyclic) bond motifs is 2. The molecule has 2 aliphatic carbocycles. The van der Waals surface area contributed by atoms with Crippen LogP contribution in [0, 0.1) is 17.8 Å². The van der Waals surface area contributed by atoms with Gasteiger partial charge in [-0.2, -0.15) is 0 Å². The van der Waals surface area contributed by atoms with Gasteiger partial charge in [0, 0.05) is 29.9 Å². The third-order valence-electron chi connectivity index (χ3n) is 5.60. The van der Waals surface area contributed by atoms with Gasteiger partial charge in [0.05, 0.1) is 0 Å². The summed E-state index contributed by atoms with van der Waals surface area (Å²) in [5, 5.41) is 8.38. The highest BCUT2D eigenvalue weighted by molar-refractivity contribution is 5.93. The number of rotatable bonds is 5. The molecule has 2 saturated carbocycles. The number of nitrogens with one attached hydrogen (secondary N) is 3. The summed E-state index contributed by atoms with van der Waals surface area (Å²) in [4.78, 5) is 24.3. The molecule has 7 heteroatoms. The van der Waals surface area contributed by atoms with Crippen molar-refractivity contribution in [3.05, 3.63) is 36.9 Å². The van der Waals surface area contributed by atoms with Crippen LogP contribution in [0.1, 0.15) is 32.1 Å². The molecule has 0 saturated heterocycles. The first kappa shape index (κ1) is 21.3.